The third-order valence-corrected chi connectivity index (χ3v) is 4.05. The summed E-state index contributed by atoms with van der Waals surface area (Å²) < 4.78 is 5.33. The van der Waals surface area contributed by atoms with Gasteiger partial charge >= 0.3 is 5.97 Å². The fraction of sp³-hybridized carbons (Fsp3) is 0.579. The van der Waals surface area contributed by atoms with Crippen LogP contribution in [0.4, 0.5) is 5.69 Å². The molecule has 0 aliphatic carbocycles. The highest BCUT2D eigenvalue weighted by atomic mass is 16.6. The van der Waals surface area contributed by atoms with Gasteiger partial charge in [-0.05, 0) is 24.1 Å². The van der Waals surface area contributed by atoms with Gasteiger partial charge in [0.05, 0.1) is 11.3 Å². The van der Waals surface area contributed by atoms with Crippen LogP contribution in [0, 0.1) is 10.1 Å². The quantitative estimate of drug-likeness (QED) is 0.289. The highest BCUT2D eigenvalue weighted by Gasteiger charge is 2.14. The molecule has 0 atom stereocenters. The number of ether oxygens (including phenoxy) is 1. The van der Waals surface area contributed by atoms with Crippen molar-refractivity contribution in [3.05, 3.63) is 39.4 Å². The van der Waals surface area contributed by atoms with Crippen molar-refractivity contribution in [1.82, 2.24) is 0 Å². The minimum Gasteiger partial charge on any atom is -0.478 e. The van der Waals surface area contributed by atoms with Crippen LogP contribution in [-0.4, -0.2) is 41.7 Å². The minimum absolute atomic E-state index is 0.0656. The van der Waals surface area contributed by atoms with Crippen LogP contribution < -0.4 is 5.32 Å². The van der Waals surface area contributed by atoms with Crippen LogP contribution in [0.1, 0.15) is 61.4 Å². The van der Waals surface area contributed by atoms with E-state index in [2.05, 4.69) is 12.2 Å². The number of benzene rings is 1. The van der Waals surface area contributed by atoms with Gasteiger partial charge < -0.3 is 15.2 Å². The molecule has 2 N–H and O–H groups in total. The molecular formula is C19H28N2O6. The summed E-state index contributed by atoms with van der Waals surface area (Å²) in [5.74, 6) is -1.63. The van der Waals surface area contributed by atoms with Gasteiger partial charge in [-0.1, -0.05) is 45.1 Å². The summed E-state index contributed by atoms with van der Waals surface area (Å²) in [5.41, 5.74) is 0.639. The topological polar surface area (TPSA) is 119 Å². The van der Waals surface area contributed by atoms with Crippen LogP contribution in [0.2, 0.25) is 0 Å². The van der Waals surface area contributed by atoms with Crippen LogP contribution in [-0.2, 0) is 16.0 Å². The predicted molar refractivity (Wildman–Crippen MR) is 102 cm³/mol. The minimum atomic E-state index is -1.18. The Balaban J connectivity index is 2.47. The largest absolute Gasteiger partial charge is 0.478 e. The molecule has 0 aromatic heterocycles. The summed E-state index contributed by atoms with van der Waals surface area (Å²) in [4.78, 5) is 33.3. The van der Waals surface area contributed by atoms with Crippen molar-refractivity contribution in [1.29, 1.82) is 0 Å². The zero-order valence-electron chi connectivity index (χ0n) is 15.7. The number of nitro groups is 1. The number of aromatic carboxylic acids is 1. The number of carboxylic acid groups (broad SMARTS) is 1. The molecule has 0 fully saturated rings. The normalized spacial score (nSPS) is 10.6. The molecule has 0 spiro atoms. The van der Waals surface area contributed by atoms with Crippen molar-refractivity contribution in [2.45, 2.75) is 51.9 Å². The van der Waals surface area contributed by atoms with E-state index in [4.69, 9.17) is 4.74 Å². The molecule has 0 aliphatic rings. The van der Waals surface area contributed by atoms with Crippen molar-refractivity contribution < 1.29 is 24.4 Å². The maximum absolute atomic E-state index is 12.0. The first kappa shape index (κ1) is 22.6. The second kappa shape index (κ2) is 12.8. The number of anilines is 1. The third-order valence-electron chi connectivity index (χ3n) is 4.05. The van der Waals surface area contributed by atoms with Crippen LogP contribution in [0.5, 0.6) is 0 Å². The second-order valence-electron chi connectivity index (χ2n) is 6.36. The predicted octanol–water partition coefficient (Wildman–Crippen LogP) is 3.52. The van der Waals surface area contributed by atoms with E-state index < -0.39 is 16.8 Å². The van der Waals surface area contributed by atoms with Crippen molar-refractivity contribution in [2.75, 3.05) is 25.1 Å². The Morgan fingerprint density at radius 1 is 1.19 bits per heavy atom. The molecule has 0 unspecified atom stereocenters. The first-order chi connectivity index (χ1) is 12.9. The second-order valence-corrected chi connectivity index (χ2v) is 6.36. The van der Waals surface area contributed by atoms with Crippen LogP contribution >= 0.6 is 0 Å². The molecule has 0 aliphatic heterocycles. The van der Waals surface area contributed by atoms with Gasteiger partial charge in [-0.15, -0.1) is 0 Å². The smallest absolute Gasteiger partial charge is 0.337 e. The number of amides is 1. The van der Waals surface area contributed by atoms with Gasteiger partial charge in [-0.25, -0.2) is 4.79 Å². The van der Waals surface area contributed by atoms with Gasteiger partial charge in [0.2, 0.25) is 12.5 Å². The van der Waals surface area contributed by atoms with E-state index in [1.165, 1.54) is 37.5 Å². The lowest BCUT2D eigenvalue weighted by atomic mass is 10.1. The molecule has 27 heavy (non-hydrogen) atoms. The number of nitrogens with zero attached hydrogens (tertiary/aromatic N) is 1. The zero-order chi connectivity index (χ0) is 20.1. The first-order valence-electron chi connectivity index (χ1n) is 9.29. The van der Waals surface area contributed by atoms with Crippen LogP contribution in [0.3, 0.4) is 0 Å². The lowest BCUT2D eigenvalue weighted by Crippen LogP contribution is -2.20. The molecule has 1 amide bonds. The Labute approximate surface area is 159 Å². The van der Waals surface area contributed by atoms with E-state index in [0.717, 1.165) is 19.3 Å². The van der Waals surface area contributed by atoms with Crippen LogP contribution in [0.15, 0.2) is 18.2 Å². The van der Waals surface area contributed by atoms with E-state index in [0.29, 0.717) is 12.2 Å². The number of hydrogen-bond acceptors (Lipinski definition) is 5. The molecule has 1 aromatic carbocycles. The summed E-state index contributed by atoms with van der Waals surface area (Å²) >= 11 is 0. The molecule has 0 saturated heterocycles. The summed E-state index contributed by atoms with van der Waals surface area (Å²) in [6, 6.07) is 4.31. The molecule has 0 heterocycles. The Morgan fingerprint density at radius 2 is 1.89 bits per heavy atom. The van der Waals surface area contributed by atoms with Crippen molar-refractivity contribution in [3.63, 3.8) is 0 Å². The van der Waals surface area contributed by atoms with E-state index in [-0.39, 0.29) is 30.8 Å². The van der Waals surface area contributed by atoms with Gasteiger partial charge in [0, 0.05) is 18.0 Å². The third kappa shape index (κ3) is 9.69. The van der Waals surface area contributed by atoms with E-state index in [1.54, 1.807) is 0 Å². The first-order valence-corrected chi connectivity index (χ1v) is 9.29. The average Bonchev–Trinajstić information content (AvgIpc) is 2.62. The van der Waals surface area contributed by atoms with Gasteiger partial charge in [0.15, 0.2) is 0 Å². The molecule has 0 saturated carbocycles. The highest BCUT2D eigenvalue weighted by molar-refractivity contribution is 6.01. The molecular weight excluding hydrogens is 352 g/mol. The molecule has 1 rings (SSSR count). The van der Waals surface area contributed by atoms with Gasteiger partial charge in [0.25, 0.3) is 0 Å². The summed E-state index contributed by atoms with van der Waals surface area (Å²) in [7, 11) is 0. The Hall–Kier alpha value is -2.48. The van der Waals surface area contributed by atoms with Crippen molar-refractivity contribution >= 4 is 17.6 Å². The Bertz CT molecular complexity index is 633. The number of unbranched alkanes of at least 4 members (excludes halogenated alkanes) is 5. The monoisotopic (exact) mass is 380 g/mol. The maximum Gasteiger partial charge on any atom is 0.337 e. The number of carboxylic acids is 1. The van der Waals surface area contributed by atoms with Gasteiger partial charge in [-0.3, -0.25) is 14.9 Å². The Kier molecular flexibility index (Phi) is 10.7. The van der Waals surface area contributed by atoms with E-state index in [9.17, 15) is 24.8 Å². The zero-order valence-corrected chi connectivity index (χ0v) is 15.7. The summed E-state index contributed by atoms with van der Waals surface area (Å²) in [5, 5.41) is 22.2. The van der Waals surface area contributed by atoms with Gasteiger partial charge in [-0.2, -0.15) is 0 Å². The average molecular weight is 380 g/mol. The number of nitrogens with one attached hydrogen (secondary N) is 1. The molecule has 0 radical (unpaired) electrons. The molecule has 1 aromatic rings. The lowest BCUT2D eigenvalue weighted by Gasteiger charge is -2.11. The van der Waals surface area contributed by atoms with E-state index >= 15 is 0 Å². The molecule has 0 bridgehead atoms. The lowest BCUT2D eigenvalue weighted by molar-refractivity contribution is -0.479. The number of carbonyl (C=O) groups excluding carboxylic acids is 1. The maximum atomic E-state index is 12.0. The fourth-order valence-electron chi connectivity index (χ4n) is 2.59. The highest BCUT2D eigenvalue weighted by Crippen LogP contribution is 2.19. The number of carbonyl (C=O) groups is 2. The van der Waals surface area contributed by atoms with Crippen molar-refractivity contribution in [3.8, 4) is 0 Å². The number of rotatable bonds is 14. The standard InChI is InChI=1S/C19H28N2O6/c1-2-3-4-5-6-7-12-27-14-18(22)20-17-13-15(10-11-21(25)26)8-9-16(17)19(23)24/h8-9,13H,2-7,10-12,14H2,1H3,(H,20,22)(H,23,24). The summed E-state index contributed by atoms with van der Waals surface area (Å²) in [6.45, 7) is 2.22. The number of hydrogen-bond donors (Lipinski definition) is 2. The fourth-order valence-corrected chi connectivity index (χ4v) is 2.59. The SMILES string of the molecule is CCCCCCCCOCC(=O)Nc1cc(CC[N+](=O)[O-])ccc1C(=O)O. The molecule has 150 valence electrons. The van der Waals surface area contributed by atoms with Crippen molar-refractivity contribution in [2.24, 2.45) is 0 Å². The Morgan fingerprint density at radius 3 is 2.56 bits per heavy atom. The van der Waals surface area contributed by atoms with E-state index in [1.807, 2.05) is 0 Å². The van der Waals surface area contributed by atoms with Crippen LogP contribution in [0.25, 0.3) is 0 Å². The summed E-state index contributed by atoms with van der Waals surface area (Å²) in [6.07, 6.45) is 6.89. The molecule has 8 heteroatoms. The molecule has 8 nitrogen and oxygen atoms in total. The van der Waals surface area contributed by atoms with Gasteiger partial charge in [0.1, 0.15) is 6.61 Å².